The maximum atomic E-state index is 12.0. The van der Waals surface area contributed by atoms with Crippen LogP contribution in [0.5, 0.6) is 5.75 Å². The fourth-order valence-electron chi connectivity index (χ4n) is 2.36. The van der Waals surface area contributed by atoms with Gasteiger partial charge in [0.25, 0.3) is 0 Å². The van der Waals surface area contributed by atoms with Crippen molar-refractivity contribution in [3.63, 3.8) is 0 Å². The Balaban J connectivity index is 1.53. The molecule has 0 saturated heterocycles. The standard InChI is InChI=1S/C22H20N2O2/c1-17-13-14-23-21(15-17)24-22(25)12-9-18-7-10-20(11-8-18)26-16-19-5-3-2-4-6-19/h2-15H,16H2,1H3,(H,23,24,25)/b12-9+. The van der Waals surface area contributed by atoms with Crippen molar-refractivity contribution in [3.05, 3.63) is 95.7 Å². The summed E-state index contributed by atoms with van der Waals surface area (Å²) >= 11 is 0. The molecule has 0 aliphatic carbocycles. The molecule has 0 saturated carbocycles. The van der Waals surface area contributed by atoms with Crippen molar-refractivity contribution in [2.75, 3.05) is 5.32 Å². The lowest BCUT2D eigenvalue weighted by molar-refractivity contribution is -0.111. The monoisotopic (exact) mass is 344 g/mol. The summed E-state index contributed by atoms with van der Waals surface area (Å²) in [5, 5.41) is 2.74. The highest BCUT2D eigenvalue weighted by Crippen LogP contribution is 2.15. The fourth-order valence-corrected chi connectivity index (χ4v) is 2.36. The van der Waals surface area contributed by atoms with E-state index < -0.39 is 0 Å². The summed E-state index contributed by atoms with van der Waals surface area (Å²) in [5.74, 6) is 1.12. The fraction of sp³-hybridized carbons (Fsp3) is 0.0909. The molecule has 3 rings (SSSR count). The first-order valence-electron chi connectivity index (χ1n) is 8.37. The SMILES string of the molecule is Cc1ccnc(NC(=O)/C=C/c2ccc(OCc3ccccc3)cc2)c1. The Labute approximate surface area is 153 Å². The van der Waals surface area contributed by atoms with Gasteiger partial charge in [-0.15, -0.1) is 0 Å². The van der Waals surface area contributed by atoms with Gasteiger partial charge in [-0.3, -0.25) is 4.79 Å². The average molecular weight is 344 g/mol. The van der Waals surface area contributed by atoms with Gasteiger partial charge >= 0.3 is 0 Å². The maximum absolute atomic E-state index is 12.0. The second-order valence-electron chi connectivity index (χ2n) is 5.88. The smallest absolute Gasteiger partial charge is 0.249 e. The predicted octanol–water partition coefficient (Wildman–Crippen LogP) is 4.62. The van der Waals surface area contributed by atoms with Gasteiger partial charge in [0.15, 0.2) is 0 Å². The number of nitrogens with one attached hydrogen (secondary N) is 1. The molecule has 1 amide bonds. The van der Waals surface area contributed by atoms with E-state index in [-0.39, 0.29) is 5.91 Å². The van der Waals surface area contributed by atoms with E-state index in [2.05, 4.69) is 10.3 Å². The predicted molar refractivity (Wildman–Crippen MR) is 104 cm³/mol. The highest BCUT2D eigenvalue weighted by atomic mass is 16.5. The minimum Gasteiger partial charge on any atom is -0.489 e. The van der Waals surface area contributed by atoms with Gasteiger partial charge in [0.1, 0.15) is 18.2 Å². The number of pyridine rings is 1. The number of hydrogen-bond acceptors (Lipinski definition) is 3. The van der Waals surface area contributed by atoms with E-state index in [9.17, 15) is 4.79 Å². The third kappa shape index (κ3) is 5.31. The zero-order valence-corrected chi connectivity index (χ0v) is 14.6. The zero-order valence-electron chi connectivity index (χ0n) is 14.6. The van der Waals surface area contributed by atoms with Crippen LogP contribution in [0.1, 0.15) is 16.7 Å². The summed E-state index contributed by atoms with van der Waals surface area (Å²) in [6.45, 7) is 2.48. The first kappa shape index (κ1) is 17.4. The normalized spacial score (nSPS) is 10.7. The number of carbonyl (C=O) groups is 1. The van der Waals surface area contributed by atoms with Gasteiger partial charge < -0.3 is 10.1 Å². The van der Waals surface area contributed by atoms with Gasteiger partial charge in [-0.2, -0.15) is 0 Å². The van der Waals surface area contributed by atoms with Gasteiger partial charge in [0, 0.05) is 12.3 Å². The van der Waals surface area contributed by atoms with Crippen LogP contribution in [0.4, 0.5) is 5.82 Å². The molecule has 4 nitrogen and oxygen atoms in total. The molecule has 2 aromatic carbocycles. The van der Waals surface area contributed by atoms with Crippen molar-refractivity contribution < 1.29 is 9.53 Å². The molecule has 0 fully saturated rings. The van der Waals surface area contributed by atoms with Crippen LogP contribution in [-0.4, -0.2) is 10.9 Å². The zero-order chi connectivity index (χ0) is 18.2. The number of hydrogen-bond donors (Lipinski definition) is 1. The van der Waals surface area contributed by atoms with E-state index in [1.54, 1.807) is 12.3 Å². The average Bonchev–Trinajstić information content (AvgIpc) is 2.66. The molecular weight excluding hydrogens is 324 g/mol. The van der Waals surface area contributed by atoms with E-state index in [0.29, 0.717) is 12.4 Å². The molecule has 3 aromatic rings. The van der Waals surface area contributed by atoms with Crippen LogP contribution in [0, 0.1) is 6.92 Å². The van der Waals surface area contributed by atoms with Gasteiger partial charge in [-0.05, 0) is 54.0 Å². The molecule has 1 N–H and O–H groups in total. The summed E-state index contributed by atoms with van der Waals surface area (Å²) in [6, 6.07) is 21.3. The summed E-state index contributed by atoms with van der Waals surface area (Å²) in [4.78, 5) is 16.1. The van der Waals surface area contributed by atoms with Crippen molar-refractivity contribution >= 4 is 17.8 Å². The topological polar surface area (TPSA) is 51.2 Å². The van der Waals surface area contributed by atoms with Crippen LogP contribution in [0.15, 0.2) is 79.0 Å². The number of aromatic nitrogens is 1. The van der Waals surface area contributed by atoms with Crippen molar-refractivity contribution in [2.45, 2.75) is 13.5 Å². The Kier molecular flexibility index (Phi) is 5.78. The Morgan fingerprint density at radius 2 is 1.85 bits per heavy atom. The lowest BCUT2D eigenvalue weighted by atomic mass is 10.2. The second-order valence-corrected chi connectivity index (χ2v) is 5.88. The lowest BCUT2D eigenvalue weighted by Gasteiger charge is -2.06. The van der Waals surface area contributed by atoms with Crippen LogP contribution < -0.4 is 10.1 Å². The third-order valence-corrected chi connectivity index (χ3v) is 3.72. The Bertz CT molecular complexity index is 888. The molecule has 0 spiro atoms. The van der Waals surface area contributed by atoms with Crippen LogP contribution in [0.3, 0.4) is 0 Å². The number of rotatable bonds is 6. The molecule has 1 heterocycles. The first-order chi connectivity index (χ1) is 12.7. The number of nitrogens with zero attached hydrogens (tertiary/aromatic N) is 1. The van der Waals surface area contributed by atoms with Gasteiger partial charge in [0.2, 0.25) is 5.91 Å². The van der Waals surface area contributed by atoms with Crippen LogP contribution >= 0.6 is 0 Å². The quantitative estimate of drug-likeness (QED) is 0.664. The molecule has 0 unspecified atom stereocenters. The Hall–Kier alpha value is -3.40. The van der Waals surface area contributed by atoms with Crippen LogP contribution in [0.2, 0.25) is 0 Å². The molecule has 26 heavy (non-hydrogen) atoms. The van der Waals surface area contributed by atoms with Crippen molar-refractivity contribution in [1.82, 2.24) is 4.98 Å². The number of anilines is 1. The van der Waals surface area contributed by atoms with Crippen LogP contribution in [-0.2, 0) is 11.4 Å². The summed E-state index contributed by atoms with van der Waals surface area (Å²) < 4.78 is 5.75. The van der Waals surface area contributed by atoms with Gasteiger partial charge in [0.05, 0.1) is 0 Å². The van der Waals surface area contributed by atoms with E-state index in [1.807, 2.05) is 73.7 Å². The lowest BCUT2D eigenvalue weighted by Crippen LogP contribution is -2.09. The number of benzene rings is 2. The molecule has 0 atom stereocenters. The number of amides is 1. The molecule has 4 heteroatoms. The number of aryl methyl sites for hydroxylation is 1. The van der Waals surface area contributed by atoms with Gasteiger partial charge in [-0.1, -0.05) is 42.5 Å². The number of carbonyl (C=O) groups excluding carboxylic acids is 1. The molecule has 130 valence electrons. The van der Waals surface area contributed by atoms with E-state index in [1.165, 1.54) is 6.08 Å². The minimum absolute atomic E-state index is 0.215. The van der Waals surface area contributed by atoms with Gasteiger partial charge in [-0.25, -0.2) is 4.98 Å². The Morgan fingerprint density at radius 3 is 2.58 bits per heavy atom. The highest BCUT2D eigenvalue weighted by molar-refractivity contribution is 6.01. The third-order valence-electron chi connectivity index (χ3n) is 3.72. The van der Waals surface area contributed by atoms with E-state index in [0.717, 1.165) is 22.4 Å². The molecule has 0 radical (unpaired) electrons. The highest BCUT2D eigenvalue weighted by Gasteiger charge is 2.00. The summed E-state index contributed by atoms with van der Waals surface area (Å²) in [5.41, 5.74) is 3.09. The largest absolute Gasteiger partial charge is 0.489 e. The maximum Gasteiger partial charge on any atom is 0.249 e. The molecule has 0 aliphatic rings. The van der Waals surface area contributed by atoms with Crippen molar-refractivity contribution in [1.29, 1.82) is 0 Å². The first-order valence-corrected chi connectivity index (χ1v) is 8.37. The second kappa shape index (κ2) is 8.62. The molecule has 1 aromatic heterocycles. The molecular formula is C22H20N2O2. The Morgan fingerprint density at radius 1 is 1.08 bits per heavy atom. The summed E-state index contributed by atoms with van der Waals surface area (Å²) in [6.07, 6.45) is 4.92. The minimum atomic E-state index is -0.215. The van der Waals surface area contributed by atoms with E-state index >= 15 is 0 Å². The molecule has 0 bridgehead atoms. The van der Waals surface area contributed by atoms with E-state index in [4.69, 9.17) is 4.74 Å². The number of ether oxygens (including phenoxy) is 1. The molecule has 0 aliphatic heterocycles. The summed E-state index contributed by atoms with van der Waals surface area (Å²) in [7, 11) is 0. The van der Waals surface area contributed by atoms with Crippen LogP contribution in [0.25, 0.3) is 6.08 Å². The van der Waals surface area contributed by atoms with Crippen molar-refractivity contribution in [2.24, 2.45) is 0 Å². The van der Waals surface area contributed by atoms with Crippen molar-refractivity contribution in [3.8, 4) is 5.75 Å².